The molecule has 0 saturated carbocycles. The standard InChI is InChI=1S/C18H19ClF3N3O4S/c1-3-25(4-2)30(28,29)12-8-9-16(27)24(10-12)11-15(26)23-17-13(18(20,21)22)6-5-7-14(17)19/h5-10H,3-4,11H2,1-2H3,(H,23,26). The fourth-order valence-electron chi connectivity index (χ4n) is 2.72. The van der Waals surface area contributed by atoms with Crippen LogP contribution in [0, 0.1) is 0 Å². The minimum absolute atomic E-state index is 0.200. The van der Waals surface area contributed by atoms with E-state index in [9.17, 15) is 31.2 Å². The third-order valence-electron chi connectivity index (χ3n) is 4.20. The van der Waals surface area contributed by atoms with Gasteiger partial charge in [-0.3, -0.25) is 9.59 Å². The largest absolute Gasteiger partial charge is 0.418 e. The number of benzene rings is 1. The molecule has 0 aliphatic carbocycles. The fourth-order valence-corrected chi connectivity index (χ4v) is 4.42. The summed E-state index contributed by atoms with van der Waals surface area (Å²) >= 11 is 5.80. The molecule has 0 radical (unpaired) electrons. The van der Waals surface area contributed by atoms with E-state index in [-0.39, 0.29) is 23.0 Å². The number of carbonyl (C=O) groups is 1. The molecule has 1 amide bonds. The molecule has 7 nitrogen and oxygen atoms in total. The molecule has 0 atom stereocenters. The number of para-hydroxylation sites is 1. The number of rotatable bonds is 7. The van der Waals surface area contributed by atoms with Gasteiger partial charge >= 0.3 is 6.18 Å². The van der Waals surface area contributed by atoms with Crippen LogP contribution in [0.5, 0.6) is 0 Å². The molecule has 0 spiro atoms. The van der Waals surface area contributed by atoms with Crippen LogP contribution in [0.25, 0.3) is 0 Å². The van der Waals surface area contributed by atoms with E-state index in [0.717, 1.165) is 39.3 Å². The first-order valence-corrected chi connectivity index (χ1v) is 10.6. The third-order valence-corrected chi connectivity index (χ3v) is 6.55. The van der Waals surface area contributed by atoms with Crippen molar-refractivity contribution in [3.8, 4) is 0 Å². The predicted molar refractivity (Wildman–Crippen MR) is 106 cm³/mol. The van der Waals surface area contributed by atoms with E-state index in [1.165, 1.54) is 6.07 Å². The Morgan fingerprint density at radius 2 is 1.80 bits per heavy atom. The quantitative estimate of drug-likeness (QED) is 0.680. The molecule has 0 aliphatic heterocycles. The maximum Gasteiger partial charge on any atom is 0.418 e. The number of carbonyl (C=O) groups excluding carboxylic acids is 1. The summed E-state index contributed by atoms with van der Waals surface area (Å²) in [6, 6.07) is 5.11. The summed E-state index contributed by atoms with van der Waals surface area (Å²) in [6.45, 7) is 2.98. The van der Waals surface area contributed by atoms with Crippen LogP contribution in [0.2, 0.25) is 5.02 Å². The van der Waals surface area contributed by atoms with Crippen molar-refractivity contribution in [2.24, 2.45) is 0 Å². The van der Waals surface area contributed by atoms with Crippen molar-refractivity contribution in [3.63, 3.8) is 0 Å². The summed E-state index contributed by atoms with van der Waals surface area (Å²) in [4.78, 5) is 24.2. The van der Waals surface area contributed by atoms with E-state index in [0.29, 0.717) is 0 Å². The second-order valence-corrected chi connectivity index (χ2v) is 8.47. The Morgan fingerprint density at radius 1 is 1.17 bits per heavy atom. The molecule has 0 unspecified atom stereocenters. The number of hydrogen-bond acceptors (Lipinski definition) is 4. The Labute approximate surface area is 176 Å². The summed E-state index contributed by atoms with van der Waals surface area (Å²) in [7, 11) is -3.90. The van der Waals surface area contributed by atoms with Crippen molar-refractivity contribution < 1.29 is 26.4 Å². The smallest absolute Gasteiger partial charge is 0.323 e. The number of halogens is 4. The number of nitrogens with one attached hydrogen (secondary N) is 1. The number of sulfonamides is 1. The van der Waals surface area contributed by atoms with E-state index in [1.54, 1.807) is 13.8 Å². The Balaban J connectivity index is 2.35. The number of anilines is 1. The molecule has 1 heterocycles. The minimum atomic E-state index is -4.76. The molecule has 1 aromatic carbocycles. The second-order valence-electron chi connectivity index (χ2n) is 6.13. The summed E-state index contributed by atoms with van der Waals surface area (Å²) in [5.74, 6) is -0.979. The van der Waals surface area contributed by atoms with Gasteiger partial charge in [0.25, 0.3) is 5.56 Å². The van der Waals surface area contributed by atoms with Crippen molar-refractivity contribution >= 4 is 33.2 Å². The van der Waals surface area contributed by atoms with Gasteiger partial charge in [0.05, 0.1) is 21.2 Å². The summed E-state index contributed by atoms with van der Waals surface area (Å²) < 4.78 is 66.6. The number of pyridine rings is 1. The average molecular weight is 466 g/mol. The van der Waals surface area contributed by atoms with E-state index in [1.807, 2.05) is 0 Å². The highest BCUT2D eigenvalue weighted by atomic mass is 35.5. The average Bonchev–Trinajstić information content (AvgIpc) is 2.65. The molecule has 2 aromatic rings. The van der Waals surface area contributed by atoms with E-state index >= 15 is 0 Å². The molecule has 12 heteroatoms. The van der Waals surface area contributed by atoms with Crippen LogP contribution in [0.3, 0.4) is 0 Å². The lowest BCUT2D eigenvalue weighted by Gasteiger charge is -2.19. The monoisotopic (exact) mass is 465 g/mol. The van der Waals surface area contributed by atoms with Gasteiger partial charge in [-0.2, -0.15) is 17.5 Å². The van der Waals surface area contributed by atoms with Crippen LogP contribution in [0.15, 0.2) is 46.2 Å². The zero-order chi connectivity index (χ0) is 22.7. The summed E-state index contributed by atoms with van der Waals surface area (Å²) in [6.07, 6.45) is -3.78. The van der Waals surface area contributed by atoms with Crippen molar-refractivity contribution in [1.29, 1.82) is 0 Å². The normalized spacial score (nSPS) is 12.2. The molecule has 0 saturated heterocycles. The molecule has 1 N–H and O–H groups in total. The van der Waals surface area contributed by atoms with E-state index < -0.39 is 45.5 Å². The van der Waals surface area contributed by atoms with Gasteiger partial charge in [-0.15, -0.1) is 0 Å². The SMILES string of the molecule is CCN(CC)S(=O)(=O)c1ccc(=O)n(CC(=O)Nc2c(Cl)cccc2C(F)(F)F)c1. The molecular weight excluding hydrogens is 447 g/mol. The van der Waals surface area contributed by atoms with Crippen LogP contribution in [0.4, 0.5) is 18.9 Å². The van der Waals surface area contributed by atoms with Crippen molar-refractivity contribution in [2.75, 3.05) is 18.4 Å². The Morgan fingerprint density at radius 3 is 2.37 bits per heavy atom. The lowest BCUT2D eigenvalue weighted by Crippen LogP contribution is -2.33. The molecule has 0 fully saturated rings. The van der Waals surface area contributed by atoms with Crippen LogP contribution < -0.4 is 10.9 Å². The number of alkyl halides is 3. The zero-order valence-electron chi connectivity index (χ0n) is 16.0. The summed E-state index contributed by atoms with van der Waals surface area (Å²) in [5.41, 5.74) is -2.48. The van der Waals surface area contributed by atoms with Gasteiger partial charge in [0, 0.05) is 25.4 Å². The topological polar surface area (TPSA) is 88.5 Å². The third kappa shape index (κ3) is 5.21. The van der Waals surface area contributed by atoms with Crippen molar-refractivity contribution in [3.05, 3.63) is 57.5 Å². The maximum absolute atomic E-state index is 13.2. The molecule has 30 heavy (non-hydrogen) atoms. The van der Waals surface area contributed by atoms with Gasteiger partial charge in [-0.05, 0) is 18.2 Å². The number of aromatic nitrogens is 1. The van der Waals surface area contributed by atoms with E-state index in [4.69, 9.17) is 11.6 Å². The highest BCUT2D eigenvalue weighted by Gasteiger charge is 2.34. The minimum Gasteiger partial charge on any atom is -0.323 e. The summed E-state index contributed by atoms with van der Waals surface area (Å²) in [5, 5.41) is 1.72. The zero-order valence-corrected chi connectivity index (χ0v) is 17.6. The predicted octanol–water partition coefficient (Wildman–Crippen LogP) is 3.19. The molecule has 0 bridgehead atoms. The van der Waals surface area contributed by atoms with Crippen LogP contribution in [-0.4, -0.2) is 36.3 Å². The first kappa shape index (κ1) is 23.9. The molecule has 1 aromatic heterocycles. The highest BCUT2D eigenvalue weighted by molar-refractivity contribution is 7.89. The highest BCUT2D eigenvalue weighted by Crippen LogP contribution is 2.38. The fraction of sp³-hybridized carbons (Fsp3) is 0.333. The number of nitrogens with zero attached hydrogens (tertiary/aromatic N) is 2. The van der Waals surface area contributed by atoms with Crippen molar-refractivity contribution in [2.45, 2.75) is 31.5 Å². The van der Waals surface area contributed by atoms with Gasteiger partial charge in [-0.1, -0.05) is 31.5 Å². The Kier molecular flexibility index (Phi) is 7.32. The first-order valence-electron chi connectivity index (χ1n) is 8.78. The molecule has 164 valence electrons. The van der Waals surface area contributed by atoms with Crippen molar-refractivity contribution in [1.82, 2.24) is 8.87 Å². The Hall–Kier alpha value is -2.37. The lowest BCUT2D eigenvalue weighted by atomic mass is 10.1. The van der Waals surface area contributed by atoms with Gasteiger partial charge in [0.15, 0.2) is 0 Å². The second kappa shape index (κ2) is 9.19. The van der Waals surface area contributed by atoms with Crippen LogP contribution in [0.1, 0.15) is 19.4 Å². The number of amides is 1. The van der Waals surface area contributed by atoms with Crippen LogP contribution >= 0.6 is 11.6 Å². The lowest BCUT2D eigenvalue weighted by molar-refractivity contribution is -0.137. The van der Waals surface area contributed by atoms with Gasteiger partial charge < -0.3 is 9.88 Å². The molecule has 0 aliphatic rings. The molecular formula is C18H19ClF3N3O4S. The van der Waals surface area contributed by atoms with Gasteiger partial charge in [-0.25, -0.2) is 8.42 Å². The van der Waals surface area contributed by atoms with Gasteiger partial charge in [0.1, 0.15) is 6.54 Å². The Bertz CT molecular complexity index is 1100. The maximum atomic E-state index is 13.2. The first-order chi connectivity index (χ1) is 13.9. The van der Waals surface area contributed by atoms with E-state index in [2.05, 4.69) is 5.32 Å². The molecule has 2 rings (SSSR count). The van der Waals surface area contributed by atoms with Gasteiger partial charge in [0.2, 0.25) is 15.9 Å². The number of hydrogen-bond donors (Lipinski definition) is 1. The van der Waals surface area contributed by atoms with Crippen LogP contribution in [-0.2, 0) is 27.5 Å².